The average molecular weight is 562 g/mol. The highest BCUT2D eigenvalue weighted by molar-refractivity contribution is 9.09. The predicted molar refractivity (Wildman–Crippen MR) is 151 cm³/mol. The van der Waals surface area contributed by atoms with Crippen LogP contribution in [0.2, 0.25) is 0 Å². The summed E-state index contributed by atoms with van der Waals surface area (Å²) in [4.78, 5) is 22.9. The number of hydrogen-bond donors (Lipinski definition) is 0. The zero-order chi connectivity index (χ0) is 27.2. The third kappa shape index (κ3) is 30.5. The minimum Gasteiger partial charge on any atom is -0.460 e. The molecule has 0 bridgehead atoms. The first-order valence-corrected chi connectivity index (χ1v) is 14.0. The van der Waals surface area contributed by atoms with Crippen molar-refractivity contribution in [3.63, 3.8) is 0 Å². The summed E-state index contributed by atoms with van der Waals surface area (Å²) in [5.74, 6) is -0.691. The van der Waals surface area contributed by atoms with E-state index in [2.05, 4.69) is 60.1 Å². The molecular weight excluding hydrogens is 508 g/mol. The zero-order valence-electron chi connectivity index (χ0n) is 23.8. The van der Waals surface area contributed by atoms with Gasteiger partial charge in [-0.25, -0.2) is 0 Å². The van der Waals surface area contributed by atoms with Crippen molar-refractivity contribution < 1.29 is 28.0 Å². The van der Waals surface area contributed by atoms with Gasteiger partial charge in [0.2, 0.25) is 0 Å². The van der Waals surface area contributed by atoms with Gasteiger partial charge in [-0.1, -0.05) is 73.0 Å². The Hall–Kier alpha value is -1.44. The van der Waals surface area contributed by atoms with Gasteiger partial charge < -0.3 is 18.4 Å². The Morgan fingerprint density at radius 3 is 1.49 bits per heavy atom. The highest BCUT2D eigenvalue weighted by Gasteiger charge is 2.13. The second-order valence-corrected chi connectivity index (χ2v) is 11.4. The SMILES string of the molecule is CCCCBr.CCCCc1ccccc1.C[N+](C)(C)CCOC(=O)CCC(=O)OCC[N+](C)(C)C. The summed E-state index contributed by atoms with van der Waals surface area (Å²) < 4.78 is 11.6. The van der Waals surface area contributed by atoms with Crippen LogP contribution in [-0.4, -0.2) is 94.8 Å². The van der Waals surface area contributed by atoms with Crippen LogP contribution in [0.25, 0.3) is 0 Å². The quantitative estimate of drug-likeness (QED) is 0.172. The Morgan fingerprint density at radius 2 is 1.17 bits per heavy atom. The second-order valence-electron chi connectivity index (χ2n) is 10.6. The fourth-order valence-corrected chi connectivity index (χ4v) is 2.94. The molecule has 0 radical (unpaired) electrons. The van der Waals surface area contributed by atoms with Gasteiger partial charge in [0.05, 0.1) is 55.1 Å². The predicted octanol–water partition coefficient (Wildman–Crippen LogP) is 5.48. The molecule has 0 saturated carbocycles. The molecule has 204 valence electrons. The Bertz CT molecular complexity index is 607. The molecule has 0 spiro atoms. The van der Waals surface area contributed by atoms with Crippen LogP contribution in [0.3, 0.4) is 0 Å². The Labute approximate surface area is 224 Å². The molecule has 1 aromatic rings. The monoisotopic (exact) mass is 560 g/mol. The molecule has 0 aliphatic rings. The summed E-state index contributed by atoms with van der Waals surface area (Å²) in [5, 5.41) is 1.16. The molecular formula is C28H53BrN2O4+2. The number of esters is 2. The number of aryl methyl sites for hydroxylation is 1. The molecule has 1 rings (SSSR count). The maximum Gasteiger partial charge on any atom is 0.306 e. The number of nitrogens with zero attached hydrogens (tertiary/aromatic N) is 2. The van der Waals surface area contributed by atoms with Crippen molar-refractivity contribution in [1.82, 2.24) is 0 Å². The number of rotatable bonds is 14. The third-order valence-corrected chi connectivity index (χ3v) is 5.29. The average Bonchev–Trinajstić information content (AvgIpc) is 2.77. The van der Waals surface area contributed by atoms with Crippen LogP contribution in [0.1, 0.15) is 57.9 Å². The van der Waals surface area contributed by atoms with Gasteiger partial charge in [-0.05, 0) is 24.8 Å². The fourth-order valence-electron chi connectivity index (χ4n) is 2.37. The lowest BCUT2D eigenvalue weighted by Gasteiger charge is -2.23. The normalized spacial score (nSPS) is 10.9. The molecule has 0 fully saturated rings. The number of quaternary nitrogens is 2. The minimum atomic E-state index is -0.345. The number of carbonyl (C=O) groups is 2. The number of likely N-dealkylation sites (N-methyl/N-ethyl adjacent to an activating group) is 2. The first-order valence-electron chi connectivity index (χ1n) is 12.9. The third-order valence-electron chi connectivity index (χ3n) is 4.73. The van der Waals surface area contributed by atoms with Gasteiger partial charge in [-0.3, -0.25) is 9.59 Å². The molecule has 0 atom stereocenters. The molecule has 6 nitrogen and oxygen atoms in total. The molecule has 1 aromatic carbocycles. The van der Waals surface area contributed by atoms with E-state index in [4.69, 9.17) is 9.47 Å². The van der Waals surface area contributed by atoms with E-state index in [1.54, 1.807) is 0 Å². The van der Waals surface area contributed by atoms with Gasteiger partial charge in [0.25, 0.3) is 0 Å². The van der Waals surface area contributed by atoms with E-state index in [0.717, 1.165) is 27.4 Å². The second kappa shape index (κ2) is 21.8. The lowest BCUT2D eigenvalue weighted by atomic mass is 10.1. The van der Waals surface area contributed by atoms with Crippen LogP contribution in [0.15, 0.2) is 30.3 Å². The standard InChI is InChI=1S/C14H30N2O4.C10H14.C4H9Br/c1-15(2,3)9-11-19-13(17)7-8-14(18)20-12-10-16(4,5)6;1-2-3-7-10-8-5-4-6-9-10;1-2-3-4-5/h7-12H2,1-6H3;4-6,8-9H,2-3,7H2,1H3;2-4H2,1H3/q+2;;. The van der Waals surface area contributed by atoms with Gasteiger partial charge >= 0.3 is 11.9 Å². The molecule has 0 amide bonds. The van der Waals surface area contributed by atoms with Crippen LogP contribution in [0.4, 0.5) is 0 Å². The summed E-state index contributed by atoms with van der Waals surface area (Å²) in [7, 11) is 12.2. The lowest BCUT2D eigenvalue weighted by molar-refractivity contribution is -0.870. The number of benzene rings is 1. The van der Waals surface area contributed by atoms with E-state index in [1.165, 1.54) is 37.7 Å². The van der Waals surface area contributed by atoms with Crippen molar-refractivity contribution in [2.24, 2.45) is 0 Å². The molecule has 0 aliphatic heterocycles. The number of carbonyl (C=O) groups excluding carboxylic acids is 2. The molecule has 0 aliphatic carbocycles. The Balaban J connectivity index is 0. The van der Waals surface area contributed by atoms with E-state index in [-0.39, 0.29) is 24.8 Å². The van der Waals surface area contributed by atoms with Gasteiger partial charge in [-0.2, -0.15) is 0 Å². The smallest absolute Gasteiger partial charge is 0.306 e. The number of unbranched alkanes of at least 4 members (excludes halogenated alkanes) is 2. The van der Waals surface area contributed by atoms with E-state index in [0.29, 0.717) is 13.2 Å². The molecule has 35 heavy (non-hydrogen) atoms. The van der Waals surface area contributed by atoms with E-state index >= 15 is 0 Å². The van der Waals surface area contributed by atoms with Crippen LogP contribution < -0.4 is 0 Å². The van der Waals surface area contributed by atoms with Crippen molar-refractivity contribution >= 4 is 27.9 Å². The van der Waals surface area contributed by atoms with Crippen LogP contribution >= 0.6 is 15.9 Å². The molecule has 7 heteroatoms. The summed E-state index contributed by atoms with van der Waals surface area (Å²) >= 11 is 3.31. The van der Waals surface area contributed by atoms with Gasteiger partial charge in [0.15, 0.2) is 0 Å². The molecule has 0 heterocycles. The summed E-state index contributed by atoms with van der Waals surface area (Å²) in [6.07, 6.45) is 6.60. The largest absolute Gasteiger partial charge is 0.460 e. The fraction of sp³-hybridized carbons (Fsp3) is 0.714. The van der Waals surface area contributed by atoms with E-state index < -0.39 is 0 Å². The topological polar surface area (TPSA) is 52.6 Å². The van der Waals surface area contributed by atoms with Crippen LogP contribution in [0.5, 0.6) is 0 Å². The van der Waals surface area contributed by atoms with Crippen molar-refractivity contribution in [3.05, 3.63) is 35.9 Å². The molecule has 0 saturated heterocycles. The Kier molecular flexibility index (Phi) is 22.3. The minimum absolute atomic E-state index is 0.0837. The molecule has 0 N–H and O–H groups in total. The number of alkyl halides is 1. The van der Waals surface area contributed by atoms with Crippen molar-refractivity contribution in [2.45, 2.75) is 58.8 Å². The van der Waals surface area contributed by atoms with Crippen LogP contribution in [0, 0.1) is 0 Å². The van der Waals surface area contributed by atoms with Crippen molar-refractivity contribution in [3.8, 4) is 0 Å². The first-order chi connectivity index (χ1) is 16.3. The zero-order valence-corrected chi connectivity index (χ0v) is 25.4. The van der Waals surface area contributed by atoms with Gasteiger partial charge in [0.1, 0.15) is 26.3 Å². The highest BCUT2D eigenvalue weighted by atomic mass is 79.9. The van der Waals surface area contributed by atoms with Crippen LogP contribution in [-0.2, 0) is 25.5 Å². The van der Waals surface area contributed by atoms with E-state index in [9.17, 15) is 9.59 Å². The maximum atomic E-state index is 11.4. The van der Waals surface area contributed by atoms with E-state index in [1.807, 2.05) is 42.3 Å². The van der Waals surface area contributed by atoms with Crippen molar-refractivity contribution in [1.29, 1.82) is 0 Å². The van der Waals surface area contributed by atoms with Gasteiger partial charge in [0, 0.05) is 5.33 Å². The number of halogens is 1. The Morgan fingerprint density at radius 1 is 0.743 bits per heavy atom. The molecule has 0 aromatic heterocycles. The van der Waals surface area contributed by atoms with Gasteiger partial charge in [-0.15, -0.1) is 0 Å². The maximum absolute atomic E-state index is 11.4. The summed E-state index contributed by atoms with van der Waals surface area (Å²) in [5.41, 5.74) is 1.46. The summed E-state index contributed by atoms with van der Waals surface area (Å²) in [6.45, 7) is 6.65. The summed E-state index contributed by atoms with van der Waals surface area (Å²) in [6, 6.07) is 10.6. The number of ether oxygens (including phenoxy) is 2. The first kappa shape index (κ1) is 35.7. The van der Waals surface area contributed by atoms with Crippen molar-refractivity contribution in [2.75, 3.05) is 73.9 Å². The molecule has 0 unspecified atom stereocenters. The highest BCUT2D eigenvalue weighted by Crippen LogP contribution is 2.03. The lowest BCUT2D eigenvalue weighted by Crippen LogP contribution is -2.38. The number of hydrogen-bond acceptors (Lipinski definition) is 4.